The van der Waals surface area contributed by atoms with Crippen molar-refractivity contribution in [1.29, 1.82) is 0 Å². The van der Waals surface area contributed by atoms with Gasteiger partial charge in [-0.05, 0) is 67.9 Å². The summed E-state index contributed by atoms with van der Waals surface area (Å²) in [6.45, 7) is 3.04. The number of unbranched alkanes of at least 4 members (excludes halogenated alkanes) is 5. The molecule has 1 amide bonds. The van der Waals surface area contributed by atoms with Gasteiger partial charge in [0.25, 0.3) is 5.56 Å². The minimum atomic E-state index is -3.09. The van der Waals surface area contributed by atoms with Crippen molar-refractivity contribution in [2.75, 3.05) is 30.5 Å². The molecule has 13 heteroatoms. The highest BCUT2D eigenvalue weighted by molar-refractivity contribution is 7.91. The summed E-state index contributed by atoms with van der Waals surface area (Å²) < 4.78 is 26.2. The van der Waals surface area contributed by atoms with Gasteiger partial charge in [-0.15, -0.1) is 11.3 Å². The number of nitrogens with one attached hydrogen (secondary N) is 1. The molecule has 3 aromatic heterocycles. The molecule has 3 N–H and O–H groups in total. The summed E-state index contributed by atoms with van der Waals surface area (Å²) in [6.07, 6.45) is 6.94. The molecule has 0 saturated carbocycles. The van der Waals surface area contributed by atoms with Crippen molar-refractivity contribution < 1.29 is 23.4 Å². The molecule has 1 unspecified atom stereocenters. The number of anilines is 1. The number of hydrogen-bond donors (Lipinski definition) is 3. The molecule has 48 heavy (non-hydrogen) atoms. The van der Waals surface area contributed by atoms with Crippen LogP contribution in [0.2, 0.25) is 0 Å². The van der Waals surface area contributed by atoms with Crippen molar-refractivity contribution in [1.82, 2.24) is 19.4 Å². The van der Waals surface area contributed by atoms with Gasteiger partial charge in [-0.1, -0.05) is 49.9 Å². The number of carbonyl (C=O) groups is 1. The predicted octanol–water partition coefficient (Wildman–Crippen LogP) is 6.43. The number of hydrogen-bond acceptors (Lipinski definition) is 9. The normalized spacial score (nSPS) is 15.4. The predicted molar refractivity (Wildman–Crippen MR) is 190 cm³/mol. The summed E-state index contributed by atoms with van der Waals surface area (Å²) in [5, 5.41) is 22.7. The lowest BCUT2D eigenvalue weighted by atomic mass is 9.93. The molecule has 0 radical (unpaired) electrons. The molecule has 1 aliphatic rings. The molecule has 0 spiro atoms. The fraction of sp³-hybridized carbons (Fsp3) is 0.486. The number of aliphatic hydroxyl groups excluding tert-OH is 1. The van der Waals surface area contributed by atoms with Crippen LogP contribution < -0.4 is 10.9 Å². The third kappa shape index (κ3) is 8.61. The zero-order chi connectivity index (χ0) is 34.3. The minimum absolute atomic E-state index is 0.0762. The van der Waals surface area contributed by atoms with Crippen molar-refractivity contribution in [2.24, 2.45) is 0 Å². The molecule has 258 valence electrons. The van der Waals surface area contributed by atoms with Gasteiger partial charge >= 0.3 is 6.09 Å². The van der Waals surface area contributed by atoms with Gasteiger partial charge in [0.2, 0.25) is 0 Å². The van der Waals surface area contributed by atoms with E-state index < -0.39 is 15.9 Å². The molecular formula is C35H45N5O6S2. The maximum absolute atomic E-state index is 13.9. The number of thiophene rings is 1. The Morgan fingerprint density at radius 3 is 2.50 bits per heavy atom. The number of carboxylic acid groups (broad SMARTS) is 1. The summed E-state index contributed by atoms with van der Waals surface area (Å²) in [4.78, 5) is 37.9. The van der Waals surface area contributed by atoms with Gasteiger partial charge in [-0.3, -0.25) is 9.36 Å². The molecular weight excluding hydrogens is 651 g/mol. The maximum Gasteiger partial charge on any atom is 0.407 e. The number of aromatic nitrogens is 3. The monoisotopic (exact) mass is 695 g/mol. The Hall–Kier alpha value is -3.81. The van der Waals surface area contributed by atoms with Crippen molar-refractivity contribution in [3.05, 3.63) is 75.1 Å². The highest BCUT2D eigenvalue weighted by atomic mass is 32.2. The van der Waals surface area contributed by atoms with Crippen LogP contribution >= 0.6 is 11.3 Å². The molecule has 1 saturated heterocycles. The molecule has 11 nitrogen and oxygen atoms in total. The lowest BCUT2D eigenvalue weighted by Gasteiger charge is -2.24. The molecule has 1 atom stereocenters. The number of benzene rings is 1. The minimum Gasteiger partial charge on any atom is -0.465 e. The van der Waals surface area contributed by atoms with Crippen LogP contribution in [0.1, 0.15) is 86.3 Å². The third-order valence-electron chi connectivity index (χ3n) is 9.12. The van der Waals surface area contributed by atoms with Crippen LogP contribution in [0.4, 0.5) is 10.6 Å². The van der Waals surface area contributed by atoms with E-state index in [1.54, 1.807) is 23.0 Å². The van der Waals surface area contributed by atoms with E-state index in [1.807, 2.05) is 43.3 Å². The van der Waals surface area contributed by atoms with Gasteiger partial charge in [0.05, 0.1) is 22.9 Å². The van der Waals surface area contributed by atoms with E-state index in [0.29, 0.717) is 36.4 Å². The third-order valence-corrected chi connectivity index (χ3v) is 12.1. The van der Waals surface area contributed by atoms with Gasteiger partial charge in [0, 0.05) is 42.1 Å². The molecule has 1 fully saturated rings. The quantitative estimate of drug-likeness (QED) is 0.119. The maximum atomic E-state index is 13.9. The van der Waals surface area contributed by atoms with Gasteiger partial charge < -0.3 is 20.4 Å². The lowest BCUT2D eigenvalue weighted by molar-refractivity contribution is 0.154. The first-order valence-corrected chi connectivity index (χ1v) is 19.3. The van der Waals surface area contributed by atoms with Crippen LogP contribution in [-0.4, -0.2) is 69.3 Å². The average Bonchev–Trinajstić information content (AvgIpc) is 3.56. The van der Waals surface area contributed by atoms with Crippen molar-refractivity contribution in [3.63, 3.8) is 0 Å². The fourth-order valence-corrected chi connectivity index (χ4v) is 8.90. The number of fused-ring (bicyclic) bond motifs is 1. The first kappa shape index (κ1) is 35.5. The topological polar surface area (TPSA) is 155 Å². The molecule has 4 heterocycles. The smallest absolute Gasteiger partial charge is 0.407 e. The first-order valence-electron chi connectivity index (χ1n) is 16.7. The number of aliphatic hydroxyl groups is 1. The Labute approximate surface area is 285 Å². The van der Waals surface area contributed by atoms with Gasteiger partial charge in [-0.25, -0.2) is 23.2 Å². The van der Waals surface area contributed by atoms with E-state index in [4.69, 9.17) is 5.11 Å². The Bertz CT molecular complexity index is 1880. The van der Waals surface area contributed by atoms with Crippen LogP contribution in [0.25, 0.3) is 21.5 Å². The molecule has 1 aromatic carbocycles. The average molecular weight is 696 g/mol. The summed E-state index contributed by atoms with van der Waals surface area (Å²) in [6, 6.07) is 13.6. The summed E-state index contributed by atoms with van der Waals surface area (Å²) in [5.41, 5.74) is 2.97. The second-order valence-electron chi connectivity index (χ2n) is 12.7. The van der Waals surface area contributed by atoms with Crippen molar-refractivity contribution >= 4 is 44.1 Å². The lowest BCUT2D eigenvalue weighted by Crippen LogP contribution is -2.30. The number of rotatable bonds is 15. The van der Waals surface area contributed by atoms with Crippen LogP contribution in [-0.2, 0) is 22.9 Å². The molecule has 0 aliphatic carbocycles. The van der Waals surface area contributed by atoms with E-state index >= 15 is 0 Å². The van der Waals surface area contributed by atoms with Crippen molar-refractivity contribution in [2.45, 2.75) is 83.3 Å². The summed E-state index contributed by atoms with van der Waals surface area (Å²) in [7, 11) is -1.54. The Morgan fingerprint density at radius 1 is 1.06 bits per heavy atom. The molecule has 5 rings (SSSR count). The van der Waals surface area contributed by atoms with Gasteiger partial charge in [-0.2, -0.15) is 0 Å². The number of aryl methyl sites for hydroxylation is 1. The first-order chi connectivity index (χ1) is 23.1. The second-order valence-corrected chi connectivity index (χ2v) is 16.1. The standard InChI is InChI=1S/C35H45N5O6S2/c1-24(30-13-14-31(47-30)27-12-8-7-11-26(27)22-39(2)35(43)44)38-32-29-21-28(25-15-19-48(45,46)20-16-25)34(42)40(33(29)37-23-36-32)17-9-5-3-4-6-10-18-41/h7-8,11-14,21,23-25,41H,3-6,9-10,15-20,22H2,1-2H3,(H,43,44)(H,36,37,38). The van der Waals surface area contributed by atoms with Crippen LogP contribution in [0.3, 0.4) is 0 Å². The highest BCUT2D eigenvalue weighted by Crippen LogP contribution is 2.36. The Morgan fingerprint density at radius 2 is 1.77 bits per heavy atom. The SMILES string of the molecule is CC(Nc1ncnc2c1cc(C1CCS(=O)(=O)CC1)c(=O)n2CCCCCCCCO)c1ccc(-c2ccccc2CN(C)C(=O)O)s1. The molecule has 0 bridgehead atoms. The highest BCUT2D eigenvalue weighted by Gasteiger charge is 2.28. The number of amides is 1. The van der Waals surface area contributed by atoms with E-state index in [9.17, 15) is 23.1 Å². The van der Waals surface area contributed by atoms with Gasteiger partial charge in [0.15, 0.2) is 0 Å². The van der Waals surface area contributed by atoms with Crippen LogP contribution in [0.5, 0.6) is 0 Å². The number of pyridine rings is 1. The largest absolute Gasteiger partial charge is 0.465 e. The zero-order valence-electron chi connectivity index (χ0n) is 27.6. The molecule has 1 aliphatic heterocycles. The van der Waals surface area contributed by atoms with E-state index in [2.05, 4.69) is 21.4 Å². The van der Waals surface area contributed by atoms with Gasteiger partial charge in [0.1, 0.15) is 27.6 Å². The van der Waals surface area contributed by atoms with E-state index in [1.165, 1.54) is 11.2 Å². The summed E-state index contributed by atoms with van der Waals surface area (Å²) in [5.74, 6) is 0.605. The van der Waals surface area contributed by atoms with Crippen LogP contribution in [0, 0.1) is 0 Å². The fourth-order valence-electron chi connectivity index (χ4n) is 6.34. The summed E-state index contributed by atoms with van der Waals surface area (Å²) >= 11 is 1.62. The number of sulfone groups is 1. The Kier molecular flexibility index (Phi) is 11.9. The molecule has 4 aromatic rings. The van der Waals surface area contributed by atoms with E-state index in [0.717, 1.165) is 64.8 Å². The van der Waals surface area contributed by atoms with E-state index in [-0.39, 0.29) is 42.2 Å². The van der Waals surface area contributed by atoms with Crippen LogP contribution in [0.15, 0.2) is 53.6 Å². The Balaban J connectivity index is 1.42. The zero-order valence-corrected chi connectivity index (χ0v) is 29.2. The second kappa shape index (κ2) is 16.1. The number of nitrogens with zero attached hydrogens (tertiary/aromatic N) is 4. The van der Waals surface area contributed by atoms with Crippen molar-refractivity contribution in [3.8, 4) is 10.4 Å².